The Labute approximate surface area is 184 Å². The van der Waals surface area contributed by atoms with Gasteiger partial charge in [0.25, 0.3) is 11.1 Å². The molecule has 0 saturated carbocycles. The van der Waals surface area contributed by atoms with Crippen LogP contribution in [-0.2, 0) is 20.1 Å². The molecule has 7 nitrogen and oxygen atoms in total. The number of rotatable bonds is 6. The Bertz CT molecular complexity index is 1370. The van der Waals surface area contributed by atoms with E-state index in [-0.39, 0.29) is 11.1 Å². The SMILES string of the molecule is COc1cccc(CN(C)Cc2c3c(=O)n(-c4ccccc4Cl)[nH]c3cc(=O)n2C)c1. The fraction of sp³-hybridized carbons (Fsp3) is 0.217. The van der Waals surface area contributed by atoms with Gasteiger partial charge in [-0.2, -0.15) is 0 Å². The molecule has 160 valence electrons. The van der Waals surface area contributed by atoms with Crippen LogP contribution in [0.25, 0.3) is 16.6 Å². The fourth-order valence-electron chi connectivity index (χ4n) is 3.74. The molecule has 4 rings (SSSR count). The number of benzene rings is 2. The first kappa shape index (κ1) is 21.0. The summed E-state index contributed by atoms with van der Waals surface area (Å²) >= 11 is 6.29. The number of aromatic nitrogens is 3. The smallest absolute Gasteiger partial charge is 0.280 e. The Morgan fingerprint density at radius 2 is 1.84 bits per heavy atom. The summed E-state index contributed by atoms with van der Waals surface area (Å²) in [6, 6.07) is 16.3. The molecule has 31 heavy (non-hydrogen) atoms. The van der Waals surface area contributed by atoms with E-state index in [9.17, 15) is 9.59 Å². The van der Waals surface area contributed by atoms with E-state index in [0.717, 1.165) is 11.3 Å². The maximum Gasteiger partial charge on any atom is 0.280 e. The number of aromatic amines is 1. The number of halogens is 1. The van der Waals surface area contributed by atoms with Crippen LogP contribution >= 0.6 is 11.6 Å². The van der Waals surface area contributed by atoms with Crippen molar-refractivity contribution in [2.45, 2.75) is 13.1 Å². The third kappa shape index (κ3) is 4.02. The highest BCUT2D eigenvalue weighted by molar-refractivity contribution is 6.32. The van der Waals surface area contributed by atoms with Crippen molar-refractivity contribution < 1.29 is 4.74 Å². The summed E-state index contributed by atoms with van der Waals surface area (Å²) in [4.78, 5) is 27.9. The first-order valence-electron chi connectivity index (χ1n) is 9.79. The van der Waals surface area contributed by atoms with Crippen molar-refractivity contribution in [3.63, 3.8) is 0 Å². The molecule has 2 aromatic carbocycles. The Kier molecular flexibility index (Phi) is 5.71. The molecule has 0 bridgehead atoms. The molecule has 1 N–H and O–H groups in total. The van der Waals surface area contributed by atoms with E-state index in [2.05, 4.69) is 10.00 Å². The van der Waals surface area contributed by atoms with Crippen LogP contribution in [0.2, 0.25) is 5.02 Å². The van der Waals surface area contributed by atoms with Crippen molar-refractivity contribution in [2.75, 3.05) is 14.2 Å². The van der Waals surface area contributed by atoms with Crippen molar-refractivity contribution in [1.82, 2.24) is 19.2 Å². The van der Waals surface area contributed by atoms with Gasteiger partial charge in [-0.25, -0.2) is 4.68 Å². The van der Waals surface area contributed by atoms with Gasteiger partial charge in [0, 0.05) is 31.9 Å². The lowest BCUT2D eigenvalue weighted by atomic mass is 10.2. The number of ether oxygens (including phenoxy) is 1. The maximum atomic E-state index is 13.3. The Hall–Kier alpha value is -3.29. The van der Waals surface area contributed by atoms with Crippen molar-refractivity contribution >= 4 is 22.5 Å². The quantitative estimate of drug-likeness (QED) is 0.501. The molecule has 2 heterocycles. The second-order valence-corrected chi connectivity index (χ2v) is 7.91. The zero-order valence-electron chi connectivity index (χ0n) is 17.6. The fourth-order valence-corrected chi connectivity index (χ4v) is 3.96. The van der Waals surface area contributed by atoms with Gasteiger partial charge in [0.1, 0.15) is 5.75 Å². The van der Waals surface area contributed by atoms with Gasteiger partial charge < -0.3 is 9.30 Å². The normalized spacial score (nSPS) is 11.4. The maximum absolute atomic E-state index is 13.3. The molecule has 0 radical (unpaired) electrons. The number of hydrogen-bond acceptors (Lipinski definition) is 4. The average Bonchev–Trinajstić information content (AvgIpc) is 3.07. The molecular formula is C23H23ClN4O3. The molecule has 0 aliphatic carbocycles. The number of pyridine rings is 1. The summed E-state index contributed by atoms with van der Waals surface area (Å²) in [7, 11) is 5.26. The van der Waals surface area contributed by atoms with Crippen LogP contribution < -0.4 is 15.9 Å². The molecule has 0 unspecified atom stereocenters. The van der Waals surface area contributed by atoms with Gasteiger partial charge in [-0.15, -0.1) is 0 Å². The van der Waals surface area contributed by atoms with Crippen LogP contribution in [0, 0.1) is 0 Å². The first-order valence-corrected chi connectivity index (χ1v) is 10.2. The minimum Gasteiger partial charge on any atom is -0.497 e. The van der Waals surface area contributed by atoms with Crippen LogP contribution in [0.1, 0.15) is 11.3 Å². The second kappa shape index (κ2) is 8.45. The minimum atomic E-state index is -0.247. The summed E-state index contributed by atoms with van der Waals surface area (Å²) < 4.78 is 8.21. The monoisotopic (exact) mass is 438 g/mol. The lowest BCUT2D eigenvalue weighted by Crippen LogP contribution is -2.27. The number of nitrogens with one attached hydrogen (secondary N) is 1. The molecule has 4 aromatic rings. The lowest BCUT2D eigenvalue weighted by molar-refractivity contribution is 0.311. The Morgan fingerprint density at radius 3 is 2.58 bits per heavy atom. The van der Waals surface area contributed by atoms with Gasteiger partial charge in [0.15, 0.2) is 0 Å². The molecule has 0 fully saturated rings. The highest BCUT2D eigenvalue weighted by Gasteiger charge is 2.18. The lowest BCUT2D eigenvalue weighted by Gasteiger charge is -2.19. The number of hydrogen-bond donors (Lipinski definition) is 1. The molecule has 0 aliphatic rings. The third-order valence-corrected chi connectivity index (χ3v) is 5.63. The number of nitrogens with zero attached hydrogens (tertiary/aromatic N) is 3. The number of methoxy groups -OCH3 is 1. The van der Waals surface area contributed by atoms with E-state index in [0.29, 0.717) is 40.4 Å². The Balaban J connectivity index is 1.76. The standard InChI is InChI=1S/C23H23ClN4O3/c1-26(13-15-7-6-8-16(11-15)31-3)14-20-22-18(12-21(29)27(20)2)25-28(23(22)30)19-10-5-4-9-17(19)24/h4-12,25H,13-14H2,1-3H3. The van der Waals surface area contributed by atoms with Crippen LogP contribution in [0.3, 0.4) is 0 Å². The zero-order valence-corrected chi connectivity index (χ0v) is 18.3. The van der Waals surface area contributed by atoms with Crippen molar-refractivity contribution in [3.05, 3.63) is 91.6 Å². The molecule has 8 heteroatoms. The van der Waals surface area contributed by atoms with E-state index < -0.39 is 0 Å². The topological polar surface area (TPSA) is 72.3 Å². The van der Waals surface area contributed by atoms with Gasteiger partial charge in [0.2, 0.25) is 0 Å². The molecule has 0 saturated heterocycles. The van der Waals surface area contributed by atoms with Gasteiger partial charge in [-0.1, -0.05) is 35.9 Å². The molecule has 2 aromatic heterocycles. The minimum absolute atomic E-state index is 0.190. The summed E-state index contributed by atoms with van der Waals surface area (Å²) in [5, 5.41) is 3.95. The molecule has 0 aliphatic heterocycles. The summed E-state index contributed by atoms with van der Waals surface area (Å²) in [5.41, 5.74) is 2.30. The van der Waals surface area contributed by atoms with E-state index in [4.69, 9.17) is 16.3 Å². The zero-order chi connectivity index (χ0) is 22.1. The predicted molar refractivity (Wildman–Crippen MR) is 122 cm³/mol. The van der Waals surface area contributed by atoms with E-state index in [1.807, 2.05) is 31.3 Å². The second-order valence-electron chi connectivity index (χ2n) is 7.50. The predicted octanol–water partition coefficient (Wildman–Crippen LogP) is 3.31. The van der Waals surface area contributed by atoms with E-state index in [1.54, 1.807) is 38.4 Å². The van der Waals surface area contributed by atoms with Crippen molar-refractivity contribution in [2.24, 2.45) is 7.05 Å². The van der Waals surface area contributed by atoms with Gasteiger partial charge in [-0.05, 0) is 36.9 Å². The number of H-pyrrole nitrogens is 1. The largest absolute Gasteiger partial charge is 0.497 e. The number of para-hydroxylation sites is 1. The van der Waals surface area contributed by atoms with Crippen LogP contribution in [0.4, 0.5) is 0 Å². The summed E-state index contributed by atoms with van der Waals surface area (Å²) in [6.45, 7) is 1.04. The van der Waals surface area contributed by atoms with E-state index >= 15 is 0 Å². The molecular weight excluding hydrogens is 416 g/mol. The molecule has 0 spiro atoms. The van der Waals surface area contributed by atoms with Crippen LogP contribution in [0.5, 0.6) is 5.75 Å². The van der Waals surface area contributed by atoms with Gasteiger partial charge in [-0.3, -0.25) is 19.6 Å². The summed E-state index contributed by atoms with van der Waals surface area (Å²) in [6.07, 6.45) is 0. The summed E-state index contributed by atoms with van der Waals surface area (Å²) in [5.74, 6) is 0.786. The van der Waals surface area contributed by atoms with Crippen LogP contribution in [-0.4, -0.2) is 33.4 Å². The van der Waals surface area contributed by atoms with Gasteiger partial charge >= 0.3 is 0 Å². The van der Waals surface area contributed by atoms with Crippen LogP contribution in [0.15, 0.2) is 64.2 Å². The Morgan fingerprint density at radius 1 is 1.06 bits per heavy atom. The highest BCUT2D eigenvalue weighted by atomic mass is 35.5. The molecule has 0 amide bonds. The number of fused-ring (bicyclic) bond motifs is 1. The molecule has 0 atom stereocenters. The van der Waals surface area contributed by atoms with Crippen molar-refractivity contribution in [1.29, 1.82) is 0 Å². The highest BCUT2D eigenvalue weighted by Crippen LogP contribution is 2.21. The van der Waals surface area contributed by atoms with Crippen molar-refractivity contribution in [3.8, 4) is 11.4 Å². The van der Waals surface area contributed by atoms with E-state index in [1.165, 1.54) is 15.3 Å². The van der Waals surface area contributed by atoms with Gasteiger partial charge in [0.05, 0.1) is 28.7 Å². The average molecular weight is 439 g/mol. The third-order valence-electron chi connectivity index (χ3n) is 5.31. The first-order chi connectivity index (χ1) is 14.9.